The van der Waals surface area contributed by atoms with Crippen LogP contribution in [0, 0.1) is 19.8 Å². The topological polar surface area (TPSA) is 98.5 Å². The van der Waals surface area contributed by atoms with Crippen LogP contribution in [0.1, 0.15) is 42.3 Å². The fourth-order valence-corrected chi connectivity index (χ4v) is 5.46. The van der Waals surface area contributed by atoms with E-state index in [-0.39, 0.29) is 18.1 Å². The van der Waals surface area contributed by atoms with E-state index in [0.717, 1.165) is 17.1 Å². The lowest BCUT2D eigenvalue weighted by Gasteiger charge is -2.33. The van der Waals surface area contributed by atoms with Crippen molar-refractivity contribution in [1.29, 1.82) is 0 Å². The van der Waals surface area contributed by atoms with Crippen molar-refractivity contribution in [2.75, 3.05) is 11.9 Å². The summed E-state index contributed by atoms with van der Waals surface area (Å²) in [6.07, 6.45) is 1.60. The minimum absolute atomic E-state index is 0.162. The number of rotatable bonds is 7. The van der Waals surface area contributed by atoms with Crippen LogP contribution in [0.15, 0.2) is 89.6 Å². The van der Waals surface area contributed by atoms with Gasteiger partial charge < -0.3 is 10.1 Å². The third-order valence-electron chi connectivity index (χ3n) is 6.97. The number of pyridine rings is 1. The molecule has 1 aliphatic heterocycles. The van der Waals surface area contributed by atoms with Crippen LogP contribution in [-0.4, -0.2) is 39.0 Å². The average Bonchev–Trinajstić information content (AvgIpc) is 3.30. The van der Waals surface area contributed by atoms with Crippen molar-refractivity contribution in [2.24, 2.45) is 10.9 Å². The molecule has 2 aromatic carbocycles. The zero-order valence-electron chi connectivity index (χ0n) is 23.3. The van der Waals surface area contributed by atoms with Gasteiger partial charge in [-0.05, 0) is 69.7 Å². The van der Waals surface area contributed by atoms with Crippen LogP contribution in [0.5, 0.6) is 0 Å². The quantitative estimate of drug-likeness (QED) is 0.263. The Morgan fingerprint density at radius 3 is 2.37 bits per heavy atom. The molecule has 9 heteroatoms. The third kappa shape index (κ3) is 5.69. The molecular formula is C32H30ClN5O3. The maximum atomic E-state index is 13.8. The molecular weight excluding hydrogens is 538 g/mol. The Kier molecular flexibility index (Phi) is 8.12. The number of halogens is 1. The molecule has 0 radical (unpaired) electrons. The van der Waals surface area contributed by atoms with Crippen LogP contribution in [0.2, 0.25) is 5.02 Å². The average molecular weight is 568 g/mol. The monoisotopic (exact) mass is 567 g/mol. The van der Waals surface area contributed by atoms with Gasteiger partial charge >= 0.3 is 5.97 Å². The molecule has 2 unspecified atom stereocenters. The van der Waals surface area contributed by atoms with E-state index >= 15 is 0 Å². The minimum Gasteiger partial charge on any atom is -0.463 e. The van der Waals surface area contributed by atoms with E-state index in [1.807, 2.05) is 67.1 Å². The summed E-state index contributed by atoms with van der Waals surface area (Å²) < 4.78 is 7.41. The number of carbonyl (C=O) groups excluding carboxylic acids is 2. The van der Waals surface area contributed by atoms with E-state index in [1.165, 1.54) is 0 Å². The number of aliphatic imine (C=N–C) groups is 1. The molecule has 2 aromatic heterocycles. The molecule has 8 nitrogen and oxygen atoms in total. The van der Waals surface area contributed by atoms with E-state index in [2.05, 4.69) is 15.4 Å². The van der Waals surface area contributed by atoms with Crippen molar-refractivity contribution in [1.82, 2.24) is 14.8 Å². The number of nitrogens with zero attached hydrogens (tertiary/aromatic N) is 4. The highest BCUT2D eigenvalue weighted by Crippen LogP contribution is 2.45. The molecule has 3 heterocycles. The third-order valence-corrected chi connectivity index (χ3v) is 7.31. The lowest BCUT2D eigenvalue weighted by Crippen LogP contribution is -2.38. The summed E-state index contributed by atoms with van der Waals surface area (Å²) in [5.74, 6) is -2.10. The number of hydrogen-bond donors (Lipinski definition) is 1. The summed E-state index contributed by atoms with van der Waals surface area (Å²) in [5, 5.41) is 7.88. The number of ether oxygens (including phenoxy) is 1. The first kappa shape index (κ1) is 28.0. The maximum Gasteiger partial charge on any atom is 0.336 e. The van der Waals surface area contributed by atoms with Gasteiger partial charge in [0.05, 0.1) is 35.2 Å². The van der Waals surface area contributed by atoms with Gasteiger partial charge in [-0.25, -0.2) is 14.5 Å². The Labute approximate surface area is 243 Å². The van der Waals surface area contributed by atoms with Gasteiger partial charge in [0.1, 0.15) is 5.82 Å². The van der Waals surface area contributed by atoms with E-state index in [9.17, 15) is 9.59 Å². The predicted octanol–water partition coefficient (Wildman–Crippen LogP) is 6.32. The van der Waals surface area contributed by atoms with Crippen LogP contribution in [0.3, 0.4) is 0 Å². The Hall–Kier alpha value is -4.56. The highest BCUT2D eigenvalue weighted by atomic mass is 35.5. The molecule has 4 aromatic rings. The molecule has 1 N–H and O–H groups in total. The Balaban J connectivity index is 1.67. The standard InChI is InChI=1S/C32H30ClN5O3/c1-5-41-32(40)29-28(24-10-6-7-11-25(24)33)27(31(39)36-26-12-8-9-17-34-26)21(4)35-30(29)22-13-15-23(16-14-22)38-20(3)18-19(2)37-38/h6-18,27-28H,5H2,1-4H3,(H,34,36,39). The van der Waals surface area contributed by atoms with Crippen molar-refractivity contribution in [3.05, 3.63) is 112 Å². The first-order valence-electron chi connectivity index (χ1n) is 13.3. The number of benzene rings is 2. The maximum absolute atomic E-state index is 13.8. The van der Waals surface area contributed by atoms with Crippen molar-refractivity contribution in [3.63, 3.8) is 0 Å². The highest BCUT2D eigenvalue weighted by molar-refractivity contribution is 6.31. The second-order valence-corrected chi connectivity index (χ2v) is 10.2. The van der Waals surface area contributed by atoms with Crippen molar-refractivity contribution < 1.29 is 14.3 Å². The SMILES string of the molecule is CCOC(=O)C1=C(c2ccc(-n3nc(C)cc3C)cc2)N=C(C)C(C(=O)Nc2ccccn2)C1c1ccccc1Cl. The molecule has 0 fully saturated rings. The minimum atomic E-state index is -0.839. The van der Waals surface area contributed by atoms with Crippen LogP contribution in [0.4, 0.5) is 5.82 Å². The van der Waals surface area contributed by atoms with Gasteiger partial charge in [-0.3, -0.25) is 9.79 Å². The molecule has 5 rings (SSSR count). The summed E-state index contributed by atoms with van der Waals surface area (Å²) in [7, 11) is 0. The van der Waals surface area contributed by atoms with E-state index in [1.54, 1.807) is 44.3 Å². The van der Waals surface area contributed by atoms with E-state index in [0.29, 0.717) is 33.4 Å². The van der Waals surface area contributed by atoms with Gasteiger partial charge in [-0.1, -0.05) is 48.0 Å². The number of amides is 1. The molecule has 1 amide bonds. The van der Waals surface area contributed by atoms with Gasteiger partial charge in [-0.15, -0.1) is 0 Å². The van der Waals surface area contributed by atoms with Crippen molar-refractivity contribution >= 4 is 40.7 Å². The van der Waals surface area contributed by atoms with Crippen molar-refractivity contribution in [2.45, 2.75) is 33.6 Å². The van der Waals surface area contributed by atoms with Gasteiger partial charge in [0.15, 0.2) is 0 Å². The van der Waals surface area contributed by atoms with Crippen molar-refractivity contribution in [3.8, 4) is 5.69 Å². The molecule has 0 saturated carbocycles. The molecule has 2 atom stereocenters. The number of aromatic nitrogens is 3. The van der Waals surface area contributed by atoms with Gasteiger partial charge in [0, 0.05) is 34.1 Å². The summed E-state index contributed by atoms with van der Waals surface area (Å²) >= 11 is 6.71. The summed E-state index contributed by atoms with van der Waals surface area (Å²) in [4.78, 5) is 36.6. The lowest BCUT2D eigenvalue weighted by molar-refractivity contribution is -0.138. The van der Waals surface area contributed by atoms with Gasteiger partial charge in [0.2, 0.25) is 5.91 Å². The Morgan fingerprint density at radius 1 is 1.00 bits per heavy atom. The van der Waals surface area contributed by atoms with E-state index < -0.39 is 17.8 Å². The zero-order chi connectivity index (χ0) is 29.1. The number of anilines is 1. The molecule has 0 aliphatic carbocycles. The zero-order valence-corrected chi connectivity index (χ0v) is 24.0. The Bertz CT molecular complexity index is 1660. The fourth-order valence-electron chi connectivity index (χ4n) is 5.21. The number of carbonyl (C=O) groups is 2. The summed E-state index contributed by atoms with van der Waals surface area (Å²) in [6, 6.07) is 22.1. The number of nitrogens with one attached hydrogen (secondary N) is 1. The normalized spacial score (nSPS) is 16.8. The number of aryl methyl sites for hydroxylation is 2. The molecule has 41 heavy (non-hydrogen) atoms. The lowest BCUT2D eigenvalue weighted by atomic mass is 9.74. The van der Waals surface area contributed by atoms with Crippen LogP contribution >= 0.6 is 11.6 Å². The van der Waals surface area contributed by atoms with Gasteiger partial charge in [-0.2, -0.15) is 5.10 Å². The largest absolute Gasteiger partial charge is 0.463 e. The summed E-state index contributed by atoms with van der Waals surface area (Å²) in [5.41, 5.74) is 5.39. The first-order valence-corrected chi connectivity index (χ1v) is 13.7. The number of esters is 1. The molecule has 0 saturated heterocycles. The van der Waals surface area contributed by atoms with E-state index in [4.69, 9.17) is 21.3 Å². The second kappa shape index (κ2) is 11.9. The number of hydrogen-bond acceptors (Lipinski definition) is 6. The molecule has 0 bridgehead atoms. The molecule has 0 spiro atoms. The Morgan fingerprint density at radius 2 is 1.73 bits per heavy atom. The fraction of sp³-hybridized carbons (Fsp3) is 0.219. The molecule has 208 valence electrons. The highest BCUT2D eigenvalue weighted by Gasteiger charge is 2.43. The van der Waals surface area contributed by atoms with Crippen LogP contribution in [-0.2, 0) is 14.3 Å². The van der Waals surface area contributed by atoms with Crippen LogP contribution < -0.4 is 5.32 Å². The smallest absolute Gasteiger partial charge is 0.336 e. The predicted molar refractivity (Wildman–Crippen MR) is 160 cm³/mol. The van der Waals surface area contributed by atoms with Gasteiger partial charge in [0.25, 0.3) is 0 Å². The molecule has 1 aliphatic rings. The van der Waals surface area contributed by atoms with Crippen LogP contribution in [0.25, 0.3) is 11.4 Å². The second-order valence-electron chi connectivity index (χ2n) is 9.80. The summed E-state index contributed by atoms with van der Waals surface area (Å²) in [6.45, 7) is 7.64. The first-order chi connectivity index (χ1) is 19.8.